The normalized spacial score (nSPS) is 16.9. The van der Waals surface area contributed by atoms with Gasteiger partial charge >= 0.3 is 0 Å². The van der Waals surface area contributed by atoms with Crippen molar-refractivity contribution in [3.8, 4) is 16.6 Å². The van der Waals surface area contributed by atoms with Crippen LogP contribution >= 0.6 is 11.3 Å². The molecule has 0 bridgehead atoms. The first-order valence-electron chi connectivity index (χ1n) is 5.62. The van der Waals surface area contributed by atoms with Gasteiger partial charge in [-0.3, -0.25) is 4.98 Å². The number of aromatic nitrogens is 2. The van der Waals surface area contributed by atoms with Crippen LogP contribution in [0, 0.1) is 18.3 Å². The number of thiazole rings is 1. The van der Waals surface area contributed by atoms with Crippen molar-refractivity contribution >= 4 is 11.3 Å². The van der Waals surface area contributed by atoms with Crippen LogP contribution in [0.3, 0.4) is 0 Å². The van der Waals surface area contributed by atoms with Crippen molar-refractivity contribution in [2.24, 2.45) is 0 Å². The van der Waals surface area contributed by atoms with E-state index in [1.54, 1.807) is 23.7 Å². The second-order valence-corrected chi connectivity index (χ2v) is 5.36. The molecule has 0 aliphatic carbocycles. The van der Waals surface area contributed by atoms with Gasteiger partial charge in [-0.05, 0) is 19.1 Å². The minimum atomic E-state index is -0.484. The highest BCUT2D eigenvalue weighted by Gasteiger charge is 2.44. The summed E-state index contributed by atoms with van der Waals surface area (Å²) in [6.07, 6.45) is 3.53. The summed E-state index contributed by atoms with van der Waals surface area (Å²) in [7, 11) is 0. The Balaban J connectivity index is 2.05. The summed E-state index contributed by atoms with van der Waals surface area (Å²) < 4.78 is 5.20. The van der Waals surface area contributed by atoms with E-state index in [0.717, 1.165) is 21.1 Å². The van der Waals surface area contributed by atoms with E-state index in [-0.39, 0.29) is 0 Å². The quantitative estimate of drug-likeness (QED) is 0.828. The van der Waals surface area contributed by atoms with E-state index in [4.69, 9.17) is 4.74 Å². The molecule has 1 saturated heterocycles. The van der Waals surface area contributed by atoms with Gasteiger partial charge in [0.15, 0.2) is 0 Å². The number of nitrogens with zero attached hydrogens (tertiary/aromatic N) is 3. The molecule has 90 valence electrons. The van der Waals surface area contributed by atoms with Crippen molar-refractivity contribution in [3.05, 3.63) is 35.1 Å². The Morgan fingerprint density at radius 3 is 2.89 bits per heavy atom. The lowest BCUT2D eigenvalue weighted by molar-refractivity contribution is -0.0284. The summed E-state index contributed by atoms with van der Waals surface area (Å²) in [5.74, 6) is 0. The molecule has 0 unspecified atom stereocenters. The molecule has 2 aromatic heterocycles. The van der Waals surface area contributed by atoms with E-state index in [0.29, 0.717) is 13.2 Å². The first-order chi connectivity index (χ1) is 8.75. The van der Waals surface area contributed by atoms with E-state index >= 15 is 0 Å². The number of aryl methyl sites for hydroxylation is 1. The smallest absolute Gasteiger partial charge is 0.140 e. The third kappa shape index (κ3) is 1.62. The molecule has 4 nitrogen and oxygen atoms in total. The molecule has 1 aliphatic rings. The largest absolute Gasteiger partial charge is 0.377 e. The van der Waals surface area contributed by atoms with Crippen molar-refractivity contribution in [2.75, 3.05) is 13.2 Å². The second-order valence-electron chi connectivity index (χ2n) is 4.36. The molecule has 3 rings (SSSR count). The molecule has 5 heteroatoms. The number of ether oxygens (including phenoxy) is 1. The van der Waals surface area contributed by atoms with Gasteiger partial charge < -0.3 is 4.74 Å². The molecular weight excluding hydrogens is 246 g/mol. The van der Waals surface area contributed by atoms with Crippen LogP contribution < -0.4 is 0 Å². The highest BCUT2D eigenvalue weighted by Crippen LogP contribution is 2.40. The molecule has 18 heavy (non-hydrogen) atoms. The maximum absolute atomic E-state index is 9.33. The highest BCUT2D eigenvalue weighted by atomic mass is 32.1. The van der Waals surface area contributed by atoms with E-state index < -0.39 is 5.41 Å². The average molecular weight is 257 g/mol. The fraction of sp³-hybridized carbons (Fsp3) is 0.308. The molecule has 0 radical (unpaired) electrons. The fourth-order valence-electron chi connectivity index (χ4n) is 2.01. The zero-order valence-electron chi connectivity index (χ0n) is 9.88. The molecule has 1 aliphatic heterocycles. The highest BCUT2D eigenvalue weighted by molar-refractivity contribution is 7.15. The van der Waals surface area contributed by atoms with Gasteiger partial charge in [0.1, 0.15) is 10.4 Å². The van der Waals surface area contributed by atoms with Crippen LogP contribution in [0.2, 0.25) is 0 Å². The summed E-state index contributed by atoms with van der Waals surface area (Å²) in [6, 6.07) is 6.23. The van der Waals surface area contributed by atoms with Crippen LogP contribution in [0.1, 0.15) is 10.6 Å². The van der Waals surface area contributed by atoms with Gasteiger partial charge in [0, 0.05) is 18.0 Å². The van der Waals surface area contributed by atoms with Crippen LogP contribution in [0.15, 0.2) is 24.5 Å². The predicted octanol–water partition coefficient (Wildman–Crippen LogP) is 2.31. The number of rotatable bonds is 2. The third-order valence-electron chi connectivity index (χ3n) is 3.05. The maximum atomic E-state index is 9.33. The topological polar surface area (TPSA) is 58.8 Å². The van der Waals surface area contributed by atoms with Gasteiger partial charge in [0.05, 0.1) is 29.9 Å². The Labute approximate surface area is 109 Å². The zero-order valence-corrected chi connectivity index (χ0v) is 10.7. The molecule has 0 amide bonds. The predicted molar refractivity (Wildman–Crippen MR) is 68.2 cm³/mol. The molecule has 0 spiro atoms. The second kappa shape index (κ2) is 4.16. The zero-order chi connectivity index (χ0) is 12.6. The van der Waals surface area contributed by atoms with Crippen LogP contribution in [-0.2, 0) is 10.2 Å². The SMILES string of the molecule is Cc1nc(-c2cccnc2)sc1C1(C#N)COC1. The Hall–Kier alpha value is -1.77. The van der Waals surface area contributed by atoms with Crippen LogP contribution in [0.4, 0.5) is 0 Å². The van der Waals surface area contributed by atoms with Gasteiger partial charge in [-0.15, -0.1) is 11.3 Å². The molecule has 2 aromatic rings. The summed E-state index contributed by atoms with van der Waals surface area (Å²) in [5, 5.41) is 10.2. The number of nitriles is 1. The van der Waals surface area contributed by atoms with Gasteiger partial charge in [0.2, 0.25) is 0 Å². The molecule has 0 saturated carbocycles. The Bertz CT molecular complexity index is 611. The van der Waals surface area contributed by atoms with E-state index in [1.165, 1.54) is 0 Å². The summed E-state index contributed by atoms with van der Waals surface area (Å²) >= 11 is 1.57. The van der Waals surface area contributed by atoms with E-state index in [1.807, 2.05) is 19.1 Å². The number of hydrogen-bond donors (Lipinski definition) is 0. The minimum absolute atomic E-state index is 0.471. The Kier molecular flexibility index (Phi) is 2.62. The molecule has 0 atom stereocenters. The minimum Gasteiger partial charge on any atom is -0.377 e. The third-order valence-corrected chi connectivity index (χ3v) is 4.46. The van der Waals surface area contributed by atoms with E-state index in [9.17, 15) is 5.26 Å². The van der Waals surface area contributed by atoms with Crippen LogP contribution in [0.5, 0.6) is 0 Å². The first-order valence-corrected chi connectivity index (χ1v) is 6.44. The van der Waals surface area contributed by atoms with Crippen molar-refractivity contribution in [2.45, 2.75) is 12.3 Å². The van der Waals surface area contributed by atoms with E-state index in [2.05, 4.69) is 16.0 Å². The van der Waals surface area contributed by atoms with Gasteiger partial charge in [-0.1, -0.05) is 0 Å². The van der Waals surface area contributed by atoms with Crippen molar-refractivity contribution in [3.63, 3.8) is 0 Å². The molecule has 0 aromatic carbocycles. The van der Waals surface area contributed by atoms with Gasteiger partial charge in [-0.25, -0.2) is 4.98 Å². The number of hydrogen-bond acceptors (Lipinski definition) is 5. The molecule has 0 N–H and O–H groups in total. The van der Waals surface area contributed by atoms with Gasteiger partial charge in [-0.2, -0.15) is 5.26 Å². The standard InChI is InChI=1S/C13H11N3OS/c1-9-11(13(6-14)7-17-8-13)18-12(16-9)10-3-2-4-15-5-10/h2-5H,7-8H2,1H3. The van der Waals surface area contributed by atoms with Crippen molar-refractivity contribution < 1.29 is 4.74 Å². The van der Waals surface area contributed by atoms with Crippen LogP contribution in [0.25, 0.3) is 10.6 Å². The summed E-state index contributed by atoms with van der Waals surface area (Å²) in [4.78, 5) is 9.67. The molecular formula is C13H11N3OS. The van der Waals surface area contributed by atoms with Crippen molar-refractivity contribution in [1.29, 1.82) is 5.26 Å². The van der Waals surface area contributed by atoms with Crippen LogP contribution in [-0.4, -0.2) is 23.2 Å². The lowest BCUT2D eigenvalue weighted by Crippen LogP contribution is -2.45. The molecule has 3 heterocycles. The first kappa shape index (κ1) is 11.3. The number of pyridine rings is 1. The summed E-state index contributed by atoms with van der Waals surface area (Å²) in [6.45, 7) is 2.89. The monoisotopic (exact) mass is 257 g/mol. The Morgan fingerprint density at radius 2 is 2.33 bits per heavy atom. The Morgan fingerprint density at radius 1 is 1.50 bits per heavy atom. The fourth-order valence-corrected chi connectivity index (χ4v) is 3.17. The average Bonchev–Trinajstić information content (AvgIpc) is 2.73. The summed E-state index contributed by atoms with van der Waals surface area (Å²) in [5.41, 5.74) is 1.43. The maximum Gasteiger partial charge on any atom is 0.140 e. The van der Waals surface area contributed by atoms with Gasteiger partial charge in [0.25, 0.3) is 0 Å². The lowest BCUT2D eigenvalue weighted by atomic mass is 9.85. The lowest BCUT2D eigenvalue weighted by Gasteiger charge is -2.34. The van der Waals surface area contributed by atoms with Crippen molar-refractivity contribution in [1.82, 2.24) is 9.97 Å². The molecule has 1 fully saturated rings.